The highest BCUT2D eigenvalue weighted by Crippen LogP contribution is 2.21. The lowest BCUT2D eigenvalue weighted by molar-refractivity contribution is 0.134. The minimum atomic E-state index is 0.815. The molecule has 0 aromatic carbocycles. The maximum absolute atomic E-state index is 3.47. The maximum atomic E-state index is 3.47. The number of likely N-dealkylation sites (tertiary alicyclic amines) is 1. The standard InChI is InChI=1S/C11H22N2/c1-10(11-5-6-12-9-11)13-7-3-2-4-8-13/h10-12H,2-9H2,1H3. The van der Waals surface area contributed by atoms with Crippen molar-refractivity contribution in [3.63, 3.8) is 0 Å². The molecule has 2 heteroatoms. The molecule has 76 valence electrons. The van der Waals surface area contributed by atoms with Gasteiger partial charge in [-0.25, -0.2) is 0 Å². The van der Waals surface area contributed by atoms with Crippen LogP contribution in [0.25, 0.3) is 0 Å². The average Bonchev–Trinajstić information content (AvgIpc) is 2.71. The van der Waals surface area contributed by atoms with E-state index in [1.807, 2.05) is 0 Å². The lowest BCUT2D eigenvalue weighted by atomic mass is 9.97. The summed E-state index contributed by atoms with van der Waals surface area (Å²) in [4.78, 5) is 2.70. The fourth-order valence-corrected chi connectivity index (χ4v) is 2.71. The molecule has 1 N–H and O–H groups in total. The van der Waals surface area contributed by atoms with E-state index >= 15 is 0 Å². The molecule has 0 radical (unpaired) electrons. The van der Waals surface area contributed by atoms with Crippen molar-refractivity contribution in [1.82, 2.24) is 10.2 Å². The molecule has 2 fully saturated rings. The summed E-state index contributed by atoms with van der Waals surface area (Å²) in [7, 11) is 0. The van der Waals surface area contributed by atoms with Gasteiger partial charge >= 0.3 is 0 Å². The molecular weight excluding hydrogens is 160 g/mol. The van der Waals surface area contributed by atoms with Crippen LogP contribution < -0.4 is 5.32 Å². The molecule has 0 bridgehead atoms. The summed E-state index contributed by atoms with van der Waals surface area (Å²) < 4.78 is 0. The first-order valence-electron chi connectivity index (χ1n) is 5.82. The van der Waals surface area contributed by atoms with E-state index in [0.717, 1.165) is 12.0 Å². The van der Waals surface area contributed by atoms with E-state index in [1.54, 1.807) is 0 Å². The van der Waals surface area contributed by atoms with Gasteiger partial charge in [-0.1, -0.05) is 6.42 Å². The third kappa shape index (κ3) is 2.23. The first-order valence-corrected chi connectivity index (χ1v) is 5.82. The lowest BCUT2D eigenvalue weighted by Gasteiger charge is -2.35. The van der Waals surface area contributed by atoms with Gasteiger partial charge in [0.05, 0.1) is 0 Å². The lowest BCUT2D eigenvalue weighted by Crippen LogP contribution is -2.42. The predicted octanol–water partition coefficient (Wildman–Crippen LogP) is 1.47. The maximum Gasteiger partial charge on any atom is 0.0108 e. The van der Waals surface area contributed by atoms with Crippen molar-refractivity contribution in [2.24, 2.45) is 5.92 Å². The molecule has 13 heavy (non-hydrogen) atoms. The molecule has 2 nitrogen and oxygen atoms in total. The van der Waals surface area contributed by atoms with Gasteiger partial charge in [0.1, 0.15) is 0 Å². The van der Waals surface area contributed by atoms with Crippen LogP contribution in [-0.2, 0) is 0 Å². The Balaban J connectivity index is 1.83. The van der Waals surface area contributed by atoms with Crippen molar-refractivity contribution in [3.8, 4) is 0 Å². The van der Waals surface area contributed by atoms with Crippen LogP contribution in [0.1, 0.15) is 32.6 Å². The zero-order valence-electron chi connectivity index (χ0n) is 8.76. The number of nitrogens with one attached hydrogen (secondary N) is 1. The minimum Gasteiger partial charge on any atom is -0.316 e. The van der Waals surface area contributed by atoms with Crippen LogP contribution >= 0.6 is 0 Å². The number of hydrogen-bond acceptors (Lipinski definition) is 2. The van der Waals surface area contributed by atoms with Crippen molar-refractivity contribution in [1.29, 1.82) is 0 Å². The van der Waals surface area contributed by atoms with Crippen molar-refractivity contribution >= 4 is 0 Å². The molecule has 2 aliphatic rings. The van der Waals surface area contributed by atoms with E-state index in [0.29, 0.717) is 0 Å². The number of rotatable bonds is 2. The molecule has 2 rings (SSSR count). The molecule has 0 aromatic rings. The third-order valence-electron chi connectivity index (χ3n) is 3.75. The fourth-order valence-electron chi connectivity index (χ4n) is 2.71. The van der Waals surface area contributed by atoms with Crippen molar-refractivity contribution < 1.29 is 0 Å². The Hall–Kier alpha value is -0.0800. The summed E-state index contributed by atoms with van der Waals surface area (Å²) in [5, 5.41) is 3.47. The summed E-state index contributed by atoms with van der Waals surface area (Å²) in [6, 6.07) is 0.815. The molecule has 0 amide bonds. The highest BCUT2D eigenvalue weighted by molar-refractivity contribution is 4.83. The fraction of sp³-hybridized carbons (Fsp3) is 1.00. The summed E-state index contributed by atoms with van der Waals surface area (Å²) in [5.74, 6) is 0.915. The number of piperidine rings is 1. The largest absolute Gasteiger partial charge is 0.316 e. The smallest absolute Gasteiger partial charge is 0.0108 e. The van der Waals surface area contributed by atoms with Gasteiger partial charge in [0.15, 0.2) is 0 Å². The van der Waals surface area contributed by atoms with Crippen LogP contribution in [0.3, 0.4) is 0 Å². The highest BCUT2D eigenvalue weighted by atomic mass is 15.2. The van der Waals surface area contributed by atoms with Gasteiger partial charge < -0.3 is 10.2 Å². The Bertz CT molecular complexity index is 146. The molecule has 0 aromatic heterocycles. The second-order valence-corrected chi connectivity index (χ2v) is 4.59. The van der Waals surface area contributed by atoms with E-state index in [2.05, 4.69) is 17.1 Å². The monoisotopic (exact) mass is 182 g/mol. The number of hydrogen-bond donors (Lipinski definition) is 1. The second kappa shape index (κ2) is 4.43. The zero-order chi connectivity index (χ0) is 9.10. The zero-order valence-corrected chi connectivity index (χ0v) is 8.76. The van der Waals surface area contributed by atoms with Crippen LogP contribution in [0.4, 0.5) is 0 Å². The van der Waals surface area contributed by atoms with Crippen molar-refractivity contribution in [2.45, 2.75) is 38.6 Å². The molecule has 2 heterocycles. The Morgan fingerprint density at radius 3 is 2.62 bits per heavy atom. The average molecular weight is 182 g/mol. The first kappa shape index (κ1) is 9.47. The van der Waals surface area contributed by atoms with Crippen molar-refractivity contribution in [3.05, 3.63) is 0 Å². The number of nitrogens with zero attached hydrogens (tertiary/aromatic N) is 1. The van der Waals surface area contributed by atoms with Gasteiger partial charge in [0, 0.05) is 6.04 Å². The summed E-state index contributed by atoms with van der Waals surface area (Å²) in [5.41, 5.74) is 0. The molecule has 0 spiro atoms. The molecule has 2 unspecified atom stereocenters. The van der Waals surface area contributed by atoms with Crippen LogP contribution in [0.5, 0.6) is 0 Å². The van der Waals surface area contributed by atoms with Crippen LogP contribution in [-0.4, -0.2) is 37.1 Å². The summed E-state index contributed by atoms with van der Waals surface area (Å²) in [6.45, 7) is 7.60. The Kier molecular flexibility index (Phi) is 3.23. The molecule has 0 aliphatic carbocycles. The van der Waals surface area contributed by atoms with Gasteiger partial charge in [-0.05, 0) is 58.3 Å². The molecule has 2 aliphatic heterocycles. The molecule has 2 atom stereocenters. The van der Waals surface area contributed by atoms with Crippen LogP contribution in [0.15, 0.2) is 0 Å². The van der Waals surface area contributed by atoms with Gasteiger partial charge in [-0.2, -0.15) is 0 Å². The quantitative estimate of drug-likeness (QED) is 0.695. The summed E-state index contributed by atoms with van der Waals surface area (Å²) >= 11 is 0. The normalized spacial score (nSPS) is 33.5. The molecule has 0 saturated carbocycles. The SMILES string of the molecule is CC(C1CCNC1)N1CCCCC1. The Labute approximate surface area is 81.7 Å². The minimum absolute atomic E-state index is 0.815. The highest BCUT2D eigenvalue weighted by Gasteiger charge is 2.26. The molecule has 2 saturated heterocycles. The summed E-state index contributed by atoms with van der Waals surface area (Å²) in [6.07, 6.45) is 5.68. The second-order valence-electron chi connectivity index (χ2n) is 4.59. The van der Waals surface area contributed by atoms with E-state index in [-0.39, 0.29) is 0 Å². The van der Waals surface area contributed by atoms with Crippen LogP contribution in [0, 0.1) is 5.92 Å². The first-order chi connectivity index (χ1) is 6.38. The van der Waals surface area contributed by atoms with Crippen LogP contribution in [0.2, 0.25) is 0 Å². The molecular formula is C11H22N2. The van der Waals surface area contributed by atoms with E-state index < -0.39 is 0 Å². The van der Waals surface area contributed by atoms with Gasteiger partial charge in [-0.15, -0.1) is 0 Å². The van der Waals surface area contributed by atoms with E-state index in [1.165, 1.54) is 51.9 Å². The van der Waals surface area contributed by atoms with Gasteiger partial charge in [-0.3, -0.25) is 0 Å². The van der Waals surface area contributed by atoms with E-state index in [9.17, 15) is 0 Å². The Morgan fingerprint density at radius 2 is 2.00 bits per heavy atom. The van der Waals surface area contributed by atoms with Crippen molar-refractivity contribution in [2.75, 3.05) is 26.2 Å². The van der Waals surface area contributed by atoms with Gasteiger partial charge in [0.25, 0.3) is 0 Å². The van der Waals surface area contributed by atoms with E-state index in [4.69, 9.17) is 0 Å². The topological polar surface area (TPSA) is 15.3 Å². The Morgan fingerprint density at radius 1 is 1.23 bits per heavy atom. The predicted molar refractivity (Wildman–Crippen MR) is 55.9 cm³/mol. The van der Waals surface area contributed by atoms with Gasteiger partial charge in [0.2, 0.25) is 0 Å². The third-order valence-corrected chi connectivity index (χ3v) is 3.75.